The maximum Gasteiger partial charge on any atom is 0.254 e. The molecule has 1 fully saturated rings. The zero-order valence-corrected chi connectivity index (χ0v) is 15.2. The van der Waals surface area contributed by atoms with E-state index in [0.717, 1.165) is 37.1 Å². The number of aromatic nitrogens is 4. The minimum absolute atomic E-state index is 0.0255. The Hall–Kier alpha value is -2.96. The molecule has 1 amide bonds. The Morgan fingerprint density at radius 2 is 2.19 bits per heavy atom. The van der Waals surface area contributed by atoms with Crippen molar-refractivity contribution in [3.05, 3.63) is 53.2 Å². The van der Waals surface area contributed by atoms with Crippen LogP contribution in [0.3, 0.4) is 0 Å². The fourth-order valence-electron chi connectivity index (χ4n) is 3.86. The number of carbonyl (C=O) groups is 1. The van der Waals surface area contributed by atoms with Crippen LogP contribution in [-0.2, 0) is 13.5 Å². The predicted molar refractivity (Wildman–Crippen MR) is 98.1 cm³/mol. The minimum atomic E-state index is -0.0895. The lowest BCUT2D eigenvalue weighted by Crippen LogP contribution is -2.26. The molecule has 2 heterocycles. The Morgan fingerprint density at radius 3 is 2.93 bits per heavy atom. The third-order valence-electron chi connectivity index (χ3n) is 5.65. The first-order chi connectivity index (χ1) is 13.2. The molecule has 1 N–H and O–H groups in total. The molecule has 0 saturated heterocycles. The molecule has 5 rings (SSSR count). The first kappa shape index (κ1) is 16.2. The van der Waals surface area contributed by atoms with Gasteiger partial charge in [-0.1, -0.05) is 23.7 Å². The molecule has 1 aromatic carbocycles. The molecule has 1 atom stereocenters. The Kier molecular flexibility index (Phi) is 3.81. The number of hydrogen-bond donors (Lipinski definition) is 1. The Balaban J connectivity index is 1.34. The molecule has 7 nitrogen and oxygen atoms in total. The van der Waals surface area contributed by atoms with Gasteiger partial charge in [0.05, 0.1) is 17.8 Å². The molecule has 2 aliphatic rings. The van der Waals surface area contributed by atoms with Crippen molar-refractivity contribution in [2.24, 2.45) is 7.05 Å². The van der Waals surface area contributed by atoms with Gasteiger partial charge in [-0.3, -0.25) is 9.48 Å². The maximum atomic E-state index is 12.4. The summed E-state index contributed by atoms with van der Waals surface area (Å²) in [5.74, 6) is 1.77. The zero-order valence-electron chi connectivity index (χ0n) is 15.2. The summed E-state index contributed by atoms with van der Waals surface area (Å²) < 4.78 is 7.07. The number of carbonyl (C=O) groups excluding carboxylic acids is 1. The predicted octanol–water partition coefficient (Wildman–Crippen LogP) is 3.15. The molecule has 0 unspecified atom stereocenters. The molecule has 0 spiro atoms. The van der Waals surface area contributed by atoms with Crippen LogP contribution in [0.5, 0.6) is 0 Å². The van der Waals surface area contributed by atoms with Crippen molar-refractivity contribution < 1.29 is 9.32 Å². The van der Waals surface area contributed by atoms with Crippen LogP contribution in [0.25, 0.3) is 11.4 Å². The summed E-state index contributed by atoms with van der Waals surface area (Å²) in [5.41, 5.74) is 3.96. The number of rotatable bonds is 4. The molecule has 3 aromatic rings. The van der Waals surface area contributed by atoms with Crippen LogP contribution in [0.1, 0.15) is 65.0 Å². The second-order valence-corrected chi connectivity index (χ2v) is 7.47. The van der Waals surface area contributed by atoms with Crippen LogP contribution in [0.4, 0.5) is 0 Å². The quantitative estimate of drug-likeness (QED) is 0.769. The highest BCUT2D eigenvalue weighted by atomic mass is 16.5. The van der Waals surface area contributed by atoms with Gasteiger partial charge in [0.2, 0.25) is 11.7 Å². The lowest BCUT2D eigenvalue weighted by Gasteiger charge is -2.20. The van der Waals surface area contributed by atoms with E-state index >= 15 is 0 Å². The van der Waals surface area contributed by atoms with Crippen molar-refractivity contribution in [3.63, 3.8) is 0 Å². The number of aryl methyl sites for hydroxylation is 2. The number of fused-ring (bicyclic) bond motifs is 1. The van der Waals surface area contributed by atoms with E-state index < -0.39 is 0 Å². The van der Waals surface area contributed by atoms with Gasteiger partial charge in [0, 0.05) is 24.7 Å². The minimum Gasteiger partial charge on any atom is -0.345 e. The van der Waals surface area contributed by atoms with Crippen molar-refractivity contribution in [1.82, 2.24) is 25.2 Å². The van der Waals surface area contributed by atoms with E-state index in [4.69, 9.17) is 4.52 Å². The van der Waals surface area contributed by atoms with Crippen LogP contribution in [-0.4, -0.2) is 25.8 Å². The van der Waals surface area contributed by atoms with Gasteiger partial charge >= 0.3 is 0 Å². The van der Waals surface area contributed by atoms with Crippen molar-refractivity contribution in [2.45, 2.75) is 44.1 Å². The molecule has 0 aliphatic heterocycles. The molecular formula is C20H21N5O2. The number of hydrogen-bond acceptors (Lipinski definition) is 5. The third-order valence-corrected chi connectivity index (χ3v) is 5.65. The van der Waals surface area contributed by atoms with Crippen molar-refractivity contribution in [3.8, 4) is 11.4 Å². The van der Waals surface area contributed by atoms with Gasteiger partial charge < -0.3 is 9.84 Å². The maximum absolute atomic E-state index is 12.4. The number of amides is 1. The van der Waals surface area contributed by atoms with Crippen LogP contribution >= 0.6 is 0 Å². The van der Waals surface area contributed by atoms with E-state index in [1.165, 1.54) is 17.5 Å². The number of nitrogens with zero attached hydrogens (tertiary/aromatic N) is 4. The molecule has 0 bridgehead atoms. The van der Waals surface area contributed by atoms with Gasteiger partial charge in [-0.25, -0.2) is 0 Å². The van der Waals surface area contributed by atoms with Gasteiger partial charge in [-0.05, 0) is 42.9 Å². The van der Waals surface area contributed by atoms with Crippen LogP contribution < -0.4 is 5.32 Å². The average molecular weight is 363 g/mol. The second kappa shape index (κ2) is 6.33. The lowest BCUT2D eigenvalue weighted by molar-refractivity contribution is 0.0936. The van der Waals surface area contributed by atoms with Gasteiger partial charge in [0.1, 0.15) is 0 Å². The first-order valence-electron chi connectivity index (χ1n) is 9.43. The zero-order chi connectivity index (χ0) is 18.4. The third kappa shape index (κ3) is 2.93. The van der Waals surface area contributed by atoms with Crippen molar-refractivity contribution in [2.75, 3.05) is 0 Å². The molecule has 138 valence electrons. The topological polar surface area (TPSA) is 85.8 Å². The summed E-state index contributed by atoms with van der Waals surface area (Å²) in [7, 11) is 1.80. The molecule has 1 saturated carbocycles. The monoisotopic (exact) mass is 363 g/mol. The largest absolute Gasteiger partial charge is 0.345 e. The Labute approximate surface area is 156 Å². The summed E-state index contributed by atoms with van der Waals surface area (Å²) in [5, 5.41) is 11.3. The fourth-order valence-corrected chi connectivity index (χ4v) is 3.86. The van der Waals surface area contributed by atoms with Gasteiger partial charge in [-0.2, -0.15) is 10.1 Å². The van der Waals surface area contributed by atoms with Gasteiger partial charge in [0.15, 0.2) is 0 Å². The van der Waals surface area contributed by atoms with Crippen LogP contribution in [0.2, 0.25) is 0 Å². The average Bonchev–Trinajstić information content (AvgIpc) is 3.34. The van der Waals surface area contributed by atoms with Crippen molar-refractivity contribution >= 4 is 5.91 Å². The summed E-state index contributed by atoms with van der Waals surface area (Å²) >= 11 is 0. The van der Waals surface area contributed by atoms with E-state index in [1.54, 1.807) is 24.1 Å². The molecular weight excluding hydrogens is 342 g/mol. The molecule has 7 heteroatoms. The van der Waals surface area contributed by atoms with E-state index in [-0.39, 0.29) is 11.9 Å². The van der Waals surface area contributed by atoms with Crippen LogP contribution in [0.15, 0.2) is 35.1 Å². The highest BCUT2D eigenvalue weighted by Gasteiger charge is 2.27. The Bertz CT molecular complexity index is 1000. The highest BCUT2D eigenvalue weighted by molar-refractivity contribution is 5.94. The standard InChI is InChI=1S/C20H21N5O2/c1-25-11-15(10-21-25)19(26)22-17-8-6-13-9-14(5-7-16(13)17)18-23-20(27-24-18)12-3-2-4-12/h5,7,9-12,17H,2-4,6,8H2,1H3,(H,22,26)/t17-/m1/s1. The van der Waals surface area contributed by atoms with Gasteiger partial charge in [-0.15, -0.1) is 0 Å². The summed E-state index contributed by atoms with van der Waals surface area (Å²) in [4.78, 5) is 17.0. The van der Waals surface area contributed by atoms with E-state index in [0.29, 0.717) is 17.3 Å². The van der Waals surface area contributed by atoms with E-state index in [9.17, 15) is 4.79 Å². The number of nitrogens with one attached hydrogen (secondary N) is 1. The van der Waals surface area contributed by atoms with E-state index in [1.807, 2.05) is 6.07 Å². The highest BCUT2D eigenvalue weighted by Crippen LogP contribution is 2.37. The Morgan fingerprint density at radius 1 is 1.30 bits per heavy atom. The normalized spacial score (nSPS) is 18.9. The molecule has 0 radical (unpaired) electrons. The lowest BCUT2D eigenvalue weighted by atomic mass is 9.85. The van der Waals surface area contributed by atoms with E-state index in [2.05, 4.69) is 32.7 Å². The summed E-state index contributed by atoms with van der Waals surface area (Å²) in [6.07, 6.45) is 8.66. The molecule has 2 aromatic heterocycles. The van der Waals surface area contributed by atoms with Crippen molar-refractivity contribution in [1.29, 1.82) is 0 Å². The second-order valence-electron chi connectivity index (χ2n) is 7.47. The smallest absolute Gasteiger partial charge is 0.254 e. The molecule has 27 heavy (non-hydrogen) atoms. The summed E-state index contributed by atoms with van der Waals surface area (Å²) in [6.45, 7) is 0. The summed E-state index contributed by atoms with van der Waals surface area (Å²) in [6, 6.07) is 6.24. The first-order valence-corrected chi connectivity index (χ1v) is 9.43. The van der Waals surface area contributed by atoms with Crippen LogP contribution in [0, 0.1) is 0 Å². The molecule has 2 aliphatic carbocycles. The SMILES string of the molecule is Cn1cc(C(=O)N[C@@H]2CCc3cc(-c4noc(C5CCC5)n4)ccc32)cn1. The fraction of sp³-hybridized carbons (Fsp3) is 0.400. The number of benzene rings is 1. The van der Waals surface area contributed by atoms with Gasteiger partial charge in [0.25, 0.3) is 5.91 Å².